The van der Waals surface area contributed by atoms with Gasteiger partial charge in [0.05, 0.1) is 5.56 Å². The Balaban J connectivity index is 1.82. The van der Waals surface area contributed by atoms with Crippen LogP contribution in [0.15, 0.2) is 48.7 Å². The van der Waals surface area contributed by atoms with E-state index in [-0.39, 0.29) is 11.3 Å². The number of ketones is 2. The number of amides is 1. The van der Waals surface area contributed by atoms with E-state index >= 15 is 0 Å². The maximum atomic E-state index is 12.4. The molecule has 0 saturated heterocycles. The number of carbonyl (C=O) groups is 3. The van der Waals surface area contributed by atoms with Crippen LogP contribution in [0.2, 0.25) is 5.02 Å². The molecule has 1 amide bonds. The number of rotatable bonds is 4. The molecule has 120 valence electrons. The predicted octanol–water partition coefficient (Wildman–Crippen LogP) is 3.85. The van der Waals surface area contributed by atoms with Crippen LogP contribution < -0.4 is 5.32 Å². The smallest absolute Gasteiger partial charge is 0.296 e. The van der Waals surface area contributed by atoms with Gasteiger partial charge >= 0.3 is 0 Å². The van der Waals surface area contributed by atoms with Crippen LogP contribution in [0.25, 0.3) is 10.9 Å². The lowest BCUT2D eigenvalue weighted by molar-refractivity contribution is -0.112. The first-order chi connectivity index (χ1) is 11.5. The van der Waals surface area contributed by atoms with Crippen molar-refractivity contribution in [2.24, 2.45) is 0 Å². The van der Waals surface area contributed by atoms with Gasteiger partial charge in [0.15, 0.2) is 5.78 Å². The van der Waals surface area contributed by atoms with E-state index in [4.69, 9.17) is 11.6 Å². The van der Waals surface area contributed by atoms with Crippen molar-refractivity contribution in [3.63, 3.8) is 0 Å². The monoisotopic (exact) mass is 340 g/mol. The molecule has 3 rings (SSSR count). The Bertz CT molecular complexity index is 958. The summed E-state index contributed by atoms with van der Waals surface area (Å²) in [5.41, 5.74) is 1.95. The number of halogens is 1. The van der Waals surface area contributed by atoms with Crippen molar-refractivity contribution in [1.29, 1.82) is 0 Å². The van der Waals surface area contributed by atoms with E-state index < -0.39 is 11.7 Å². The van der Waals surface area contributed by atoms with Crippen LogP contribution in [0.4, 0.5) is 5.69 Å². The second kappa shape index (κ2) is 6.29. The predicted molar refractivity (Wildman–Crippen MR) is 92.7 cm³/mol. The van der Waals surface area contributed by atoms with Gasteiger partial charge < -0.3 is 10.3 Å². The van der Waals surface area contributed by atoms with Gasteiger partial charge in [-0.1, -0.05) is 11.6 Å². The number of H-pyrrole nitrogens is 1. The number of fused-ring (bicyclic) bond motifs is 1. The lowest BCUT2D eigenvalue weighted by Gasteiger charge is -2.05. The minimum atomic E-state index is -0.758. The van der Waals surface area contributed by atoms with E-state index in [0.717, 1.165) is 5.52 Å². The van der Waals surface area contributed by atoms with Crippen molar-refractivity contribution in [2.75, 3.05) is 5.32 Å². The Kier molecular flexibility index (Phi) is 4.18. The zero-order chi connectivity index (χ0) is 17.3. The molecule has 0 radical (unpaired) electrons. The minimum absolute atomic E-state index is 0.0698. The third-order valence-electron chi connectivity index (χ3n) is 3.64. The first-order valence-corrected chi connectivity index (χ1v) is 7.57. The summed E-state index contributed by atoms with van der Waals surface area (Å²) in [5.74, 6) is -1.50. The molecule has 2 aromatic carbocycles. The summed E-state index contributed by atoms with van der Waals surface area (Å²) in [7, 11) is 0. The number of aromatic nitrogens is 1. The molecule has 5 nitrogen and oxygen atoms in total. The minimum Gasteiger partial charge on any atom is -0.360 e. The summed E-state index contributed by atoms with van der Waals surface area (Å²) in [5, 5.41) is 3.60. The molecule has 1 aromatic heterocycles. The Hall–Kier alpha value is -2.92. The number of nitrogens with one attached hydrogen (secondary N) is 2. The van der Waals surface area contributed by atoms with Crippen LogP contribution in [-0.4, -0.2) is 22.5 Å². The zero-order valence-corrected chi connectivity index (χ0v) is 13.5. The molecule has 24 heavy (non-hydrogen) atoms. The number of Topliss-reactive ketones (excluding diaryl/α,β-unsaturated/α-hetero) is 2. The van der Waals surface area contributed by atoms with Gasteiger partial charge in [-0.3, -0.25) is 14.4 Å². The van der Waals surface area contributed by atoms with E-state index in [0.29, 0.717) is 21.7 Å². The normalized spacial score (nSPS) is 10.6. The van der Waals surface area contributed by atoms with Crippen molar-refractivity contribution in [2.45, 2.75) is 6.92 Å². The number of anilines is 1. The molecule has 1 heterocycles. The van der Waals surface area contributed by atoms with Gasteiger partial charge in [0.25, 0.3) is 11.7 Å². The topological polar surface area (TPSA) is 79.0 Å². The quantitative estimate of drug-likeness (QED) is 0.559. The number of carbonyl (C=O) groups excluding carboxylic acids is 3. The van der Waals surface area contributed by atoms with Crippen LogP contribution in [0.5, 0.6) is 0 Å². The highest BCUT2D eigenvalue weighted by Gasteiger charge is 2.20. The second-order valence-corrected chi connectivity index (χ2v) is 5.75. The summed E-state index contributed by atoms with van der Waals surface area (Å²) < 4.78 is 0. The van der Waals surface area contributed by atoms with Crippen molar-refractivity contribution >= 4 is 45.7 Å². The SMILES string of the molecule is CC(=O)c1ccc(NC(=O)C(=O)c2c[nH]c3ccc(Cl)cc23)cc1. The fourth-order valence-electron chi connectivity index (χ4n) is 2.38. The summed E-state index contributed by atoms with van der Waals surface area (Å²) in [6.07, 6.45) is 1.49. The Morgan fingerprint density at radius 3 is 2.42 bits per heavy atom. The molecule has 0 unspecified atom stereocenters. The molecular formula is C18H13ClN2O3. The lowest BCUT2D eigenvalue weighted by Crippen LogP contribution is -2.22. The molecule has 0 aliphatic rings. The van der Waals surface area contributed by atoms with Gasteiger partial charge in [-0.05, 0) is 49.4 Å². The molecule has 3 aromatic rings. The molecule has 0 aliphatic carbocycles. The molecule has 0 bridgehead atoms. The van der Waals surface area contributed by atoms with Gasteiger partial charge in [0.2, 0.25) is 0 Å². The summed E-state index contributed by atoms with van der Waals surface area (Å²) in [4.78, 5) is 38.7. The Morgan fingerprint density at radius 2 is 1.75 bits per heavy atom. The second-order valence-electron chi connectivity index (χ2n) is 5.31. The highest BCUT2D eigenvalue weighted by Crippen LogP contribution is 2.23. The van der Waals surface area contributed by atoms with Gasteiger partial charge in [-0.15, -0.1) is 0 Å². The van der Waals surface area contributed by atoms with Gasteiger partial charge in [-0.2, -0.15) is 0 Å². The molecule has 0 aliphatic heterocycles. The van der Waals surface area contributed by atoms with E-state index in [1.165, 1.54) is 13.1 Å². The summed E-state index contributed by atoms with van der Waals surface area (Å²) in [6, 6.07) is 11.4. The van der Waals surface area contributed by atoms with Gasteiger partial charge in [0.1, 0.15) is 0 Å². The molecule has 0 spiro atoms. The van der Waals surface area contributed by atoms with E-state index in [9.17, 15) is 14.4 Å². The molecule has 0 fully saturated rings. The molecule has 0 saturated carbocycles. The molecule has 6 heteroatoms. The van der Waals surface area contributed by atoms with Crippen LogP contribution >= 0.6 is 11.6 Å². The average Bonchev–Trinajstić information content (AvgIpc) is 2.97. The van der Waals surface area contributed by atoms with Gasteiger partial charge in [-0.25, -0.2) is 0 Å². The highest BCUT2D eigenvalue weighted by atomic mass is 35.5. The lowest BCUT2D eigenvalue weighted by atomic mass is 10.1. The zero-order valence-electron chi connectivity index (χ0n) is 12.7. The van der Waals surface area contributed by atoms with Crippen molar-refractivity contribution in [3.8, 4) is 0 Å². The van der Waals surface area contributed by atoms with Crippen molar-refractivity contribution in [1.82, 2.24) is 4.98 Å². The van der Waals surface area contributed by atoms with Crippen LogP contribution in [0.1, 0.15) is 27.6 Å². The van der Waals surface area contributed by atoms with Crippen LogP contribution in [-0.2, 0) is 4.79 Å². The third-order valence-corrected chi connectivity index (χ3v) is 3.88. The fraction of sp³-hybridized carbons (Fsp3) is 0.0556. The van der Waals surface area contributed by atoms with E-state index in [1.807, 2.05) is 0 Å². The van der Waals surface area contributed by atoms with Crippen LogP contribution in [0, 0.1) is 0 Å². The largest absolute Gasteiger partial charge is 0.360 e. The Morgan fingerprint density at radius 1 is 1.04 bits per heavy atom. The number of hydrogen-bond acceptors (Lipinski definition) is 3. The van der Waals surface area contributed by atoms with Crippen molar-refractivity contribution in [3.05, 3.63) is 64.8 Å². The van der Waals surface area contributed by atoms with Crippen molar-refractivity contribution < 1.29 is 14.4 Å². The standard InChI is InChI=1S/C18H13ClN2O3/c1-10(22)11-2-5-13(6-3-11)21-18(24)17(23)15-9-20-16-7-4-12(19)8-14(15)16/h2-9,20H,1H3,(H,21,24). The maximum Gasteiger partial charge on any atom is 0.296 e. The first-order valence-electron chi connectivity index (χ1n) is 7.19. The third kappa shape index (κ3) is 3.07. The summed E-state index contributed by atoms with van der Waals surface area (Å²) in [6.45, 7) is 1.46. The average molecular weight is 341 g/mol. The first kappa shape index (κ1) is 16.0. The highest BCUT2D eigenvalue weighted by molar-refractivity contribution is 6.48. The number of benzene rings is 2. The molecular weight excluding hydrogens is 328 g/mol. The number of aromatic amines is 1. The van der Waals surface area contributed by atoms with Crippen LogP contribution in [0.3, 0.4) is 0 Å². The number of hydrogen-bond donors (Lipinski definition) is 2. The van der Waals surface area contributed by atoms with Gasteiger partial charge in [0, 0.05) is 33.4 Å². The maximum absolute atomic E-state index is 12.4. The van der Waals surface area contributed by atoms with E-state index in [2.05, 4.69) is 10.3 Å². The fourth-order valence-corrected chi connectivity index (χ4v) is 2.55. The Labute approximate surface area is 142 Å². The molecule has 0 atom stereocenters. The van der Waals surface area contributed by atoms with E-state index in [1.54, 1.807) is 42.5 Å². The summed E-state index contributed by atoms with van der Waals surface area (Å²) >= 11 is 5.95. The molecule has 2 N–H and O–H groups in total.